The minimum absolute atomic E-state index is 0.0348. The van der Waals surface area contributed by atoms with Crippen LogP contribution < -0.4 is 5.73 Å². The van der Waals surface area contributed by atoms with Crippen molar-refractivity contribution in [2.75, 3.05) is 0 Å². The van der Waals surface area contributed by atoms with Crippen LogP contribution in [0.2, 0.25) is 0 Å². The van der Waals surface area contributed by atoms with Gasteiger partial charge in [0.05, 0.1) is 5.56 Å². The zero-order chi connectivity index (χ0) is 17.0. The average molecular weight is 317 g/mol. The second kappa shape index (κ2) is 7.13. The third kappa shape index (κ3) is 5.02. The number of nitrogens with two attached hydrogens (primary N) is 1. The predicted molar refractivity (Wildman–Crippen MR) is 78.4 cm³/mol. The summed E-state index contributed by atoms with van der Waals surface area (Å²) in [6, 6.07) is 5.48. The molecule has 0 spiro atoms. The number of aliphatic carboxylic acids is 1. The normalized spacial score (nSPS) is 16.1. The maximum atomic E-state index is 12.9. The van der Waals surface area contributed by atoms with Gasteiger partial charge in [0.1, 0.15) is 5.54 Å². The fraction of sp³-hybridized carbons (Fsp3) is 0.562. The van der Waals surface area contributed by atoms with Gasteiger partial charge in [-0.05, 0) is 43.7 Å². The summed E-state index contributed by atoms with van der Waals surface area (Å²) in [6.45, 7) is 3.32. The number of carbonyl (C=O) groups is 1. The molecule has 0 amide bonds. The Hall–Kier alpha value is -1.56. The number of benzene rings is 1. The Kier molecular flexibility index (Phi) is 6.00. The summed E-state index contributed by atoms with van der Waals surface area (Å²) >= 11 is 0. The minimum Gasteiger partial charge on any atom is -0.480 e. The monoisotopic (exact) mass is 317 g/mol. The Balaban J connectivity index is 2.78. The molecule has 124 valence electrons. The smallest absolute Gasteiger partial charge is 0.416 e. The molecular weight excluding hydrogens is 295 g/mol. The van der Waals surface area contributed by atoms with Gasteiger partial charge in [-0.1, -0.05) is 31.5 Å². The summed E-state index contributed by atoms with van der Waals surface area (Å²) in [5.41, 5.74) is 3.98. The number of rotatable bonds is 7. The largest absolute Gasteiger partial charge is 0.480 e. The highest BCUT2D eigenvalue weighted by Crippen LogP contribution is 2.33. The van der Waals surface area contributed by atoms with E-state index in [2.05, 4.69) is 0 Å². The van der Waals surface area contributed by atoms with Gasteiger partial charge in [-0.25, -0.2) is 0 Å². The van der Waals surface area contributed by atoms with Gasteiger partial charge in [0.15, 0.2) is 0 Å². The molecule has 0 saturated heterocycles. The molecule has 22 heavy (non-hydrogen) atoms. The van der Waals surface area contributed by atoms with Gasteiger partial charge in [-0.15, -0.1) is 0 Å². The Labute approximate surface area is 128 Å². The van der Waals surface area contributed by atoms with Crippen LogP contribution in [0.25, 0.3) is 0 Å². The molecule has 0 aromatic heterocycles. The van der Waals surface area contributed by atoms with Crippen molar-refractivity contribution in [2.24, 2.45) is 11.7 Å². The van der Waals surface area contributed by atoms with Crippen molar-refractivity contribution in [1.82, 2.24) is 0 Å². The molecule has 1 aromatic rings. The van der Waals surface area contributed by atoms with Crippen LogP contribution in [0.3, 0.4) is 0 Å². The molecule has 0 bridgehead atoms. The van der Waals surface area contributed by atoms with E-state index in [1.807, 2.05) is 6.92 Å². The first-order valence-corrected chi connectivity index (χ1v) is 7.25. The quantitative estimate of drug-likeness (QED) is 0.803. The fourth-order valence-electron chi connectivity index (χ4n) is 2.51. The van der Waals surface area contributed by atoms with Crippen LogP contribution in [-0.2, 0) is 17.4 Å². The molecule has 0 heterocycles. The Morgan fingerprint density at radius 1 is 1.32 bits per heavy atom. The molecular formula is C16H22F3NO2. The highest BCUT2D eigenvalue weighted by molar-refractivity contribution is 5.77. The lowest BCUT2D eigenvalue weighted by atomic mass is 9.84. The molecule has 3 nitrogen and oxygen atoms in total. The lowest BCUT2D eigenvalue weighted by Crippen LogP contribution is -2.46. The summed E-state index contributed by atoms with van der Waals surface area (Å²) in [5.74, 6) is -1.13. The highest BCUT2D eigenvalue weighted by Gasteiger charge is 2.34. The highest BCUT2D eigenvalue weighted by atomic mass is 19.4. The molecule has 2 unspecified atom stereocenters. The summed E-state index contributed by atoms with van der Waals surface area (Å²) < 4.78 is 38.8. The third-order valence-corrected chi connectivity index (χ3v) is 3.92. The molecule has 3 N–H and O–H groups in total. The zero-order valence-corrected chi connectivity index (χ0v) is 12.8. The number of alkyl halides is 3. The van der Waals surface area contributed by atoms with Gasteiger partial charge in [-0.2, -0.15) is 13.2 Å². The van der Waals surface area contributed by atoms with Crippen LogP contribution in [-0.4, -0.2) is 16.6 Å². The van der Waals surface area contributed by atoms with E-state index in [0.29, 0.717) is 12.8 Å². The van der Waals surface area contributed by atoms with Gasteiger partial charge in [0.25, 0.3) is 0 Å². The van der Waals surface area contributed by atoms with Crippen molar-refractivity contribution in [3.63, 3.8) is 0 Å². The first-order valence-electron chi connectivity index (χ1n) is 7.25. The topological polar surface area (TPSA) is 63.3 Å². The van der Waals surface area contributed by atoms with Crippen LogP contribution in [0, 0.1) is 5.92 Å². The predicted octanol–water partition coefficient (Wildman–Crippen LogP) is 3.86. The van der Waals surface area contributed by atoms with Crippen molar-refractivity contribution in [3.8, 4) is 0 Å². The van der Waals surface area contributed by atoms with E-state index in [9.17, 15) is 18.0 Å². The molecule has 0 saturated carbocycles. The second-order valence-electron chi connectivity index (χ2n) is 5.89. The number of carboxylic acids is 1. The summed E-state index contributed by atoms with van der Waals surface area (Å²) in [6.07, 6.45) is -2.73. The van der Waals surface area contributed by atoms with E-state index in [1.165, 1.54) is 19.1 Å². The number of hydrogen-bond donors (Lipinski definition) is 2. The van der Waals surface area contributed by atoms with Crippen molar-refractivity contribution >= 4 is 5.97 Å². The molecule has 0 radical (unpaired) electrons. The number of halogens is 3. The molecule has 0 aliphatic rings. The molecule has 0 fully saturated rings. The van der Waals surface area contributed by atoms with Gasteiger partial charge in [0, 0.05) is 0 Å². The summed E-state index contributed by atoms with van der Waals surface area (Å²) in [4.78, 5) is 11.1. The van der Waals surface area contributed by atoms with Crippen molar-refractivity contribution in [3.05, 3.63) is 35.4 Å². The van der Waals surface area contributed by atoms with E-state index >= 15 is 0 Å². The fourth-order valence-corrected chi connectivity index (χ4v) is 2.51. The second-order valence-corrected chi connectivity index (χ2v) is 5.89. The van der Waals surface area contributed by atoms with Crippen molar-refractivity contribution in [2.45, 2.75) is 51.2 Å². The van der Waals surface area contributed by atoms with E-state index in [-0.39, 0.29) is 24.3 Å². The molecule has 0 aliphatic heterocycles. The first kappa shape index (κ1) is 18.5. The van der Waals surface area contributed by atoms with Crippen LogP contribution in [0.5, 0.6) is 0 Å². The zero-order valence-electron chi connectivity index (χ0n) is 12.8. The van der Waals surface area contributed by atoms with Gasteiger partial charge in [-0.3, -0.25) is 4.79 Å². The Bertz CT molecular complexity index is 512. The third-order valence-electron chi connectivity index (χ3n) is 3.92. The number of carboxylic acid groups (broad SMARTS) is 1. The maximum absolute atomic E-state index is 12.9. The SMILES string of the molecule is CCC(CCc1ccccc1C(F)(F)F)CC(C)(N)C(=O)O. The molecule has 1 aromatic carbocycles. The van der Waals surface area contributed by atoms with Gasteiger partial charge >= 0.3 is 12.1 Å². The van der Waals surface area contributed by atoms with E-state index in [1.54, 1.807) is 6.07 Å². The van der Waals surface area contributed by atoms with Gasteiger partial charge in [0.2, 0.25) is 0 Å². The standard InChI is InChI=1S/C16H22F3NO2/c1-3-11(10-15(2,20)14(21)22)8-9-12-6-4-5-7-13(12)16(17,18)19/h4-7,11H,3,8-10,20H2,1-2H3,(H,21,22). The Morgan fingerprint density at radius 2 is 1.91 bits per heavy atom. The molecule has 0 aliphatic carbocycles. The van der Waals surface area contributed by atoms with Crippen LogP contribution >= 0.6 is 0 Å². The maximum Gasteiger partial charge on any atom is 0.416 e. The van der Waals surface area contributed by atoms with Crippen molar-refractivity contribution < 1.29 is 23.1 Å². The first-order chi connectivity index (χ1) is 10.1. The molecule has 6 heteroatoms. The van der Waals surface area contributed by atoms with E-state index in [4.69, 9.17) is 10.8 Å². The van der Waals surface area contributed by atoms with Crippen LogP contribution in [0.15, 0.2) is 24.3 Å². The van der Waals surface area contributed by atoms with Crippen LogP contribution in [0.4, 0.5) is 13.2 Å². The average Bonchev–Trinajstić information content (AvgIpc) is 2.42. The number of aryl methyl sites for hydroxylation is 1. The van der Waals surface area contributed by atoms with Gasteiger partial charge < -0.3 is 10.8 Å². The summed E-state index contributed by atoms with van der Waals surface area (Å²) in [7, 11) is 0. The van der Waals surface area contributed by atoms with E-state index in [0.717, 1.165) is 6.07 Å². The minimum atomic E-state index is -4.37. The summed E-state index contributed by atoms with van der Waals surface area (Å²) in [5, 5.41) is 9.05. The molecule has 1 rings (SSSR count). The molecule has 2 atom stereocenters. The lowest BCUT2D eigenvalue weighted by Gasteiger charge is -2.25. The lowest BCUT2D eigenvalue weighted by molar-refractivity contribution is -0.143. The van der Waals surface area contributed by atoms with Crippen molar-refractivity contribution in [1.29, 1.82) is 0 Å². The van der Waals surface area contributed by atoms with Crippen LogP contribution in [0.1, 0.15) is 44.2 Å². The Morgan fingerprint density at radius 3 is 2.41 bits per heavy atom. The van der Waals surface area contributed by atoms with E-state index < -0.39 is 23.2 Å². The number of hydrogen-bond acceptors (Lipinski definition) is 2.